The van der Waals surface area contributed by atoms with Gasteiger partial charge in [-0.15, -0.1) is 0 Å². The second-order valence-corrected chi connectivity index (χ2v) is 3.22. The number of hydrogen-bond donors (Lipinski definition) is 1. The van der Waals surface area contributed by atoms with E-state index in [1.165, 1.54) is 25.7 Å². The van der Waals surface area contributed by atoms with E-state index in [1.54, 1.807) is 0 Å². The Balaban J connectivity index is 1.81. The first-order valence-electron chi connectivity index (χ1n) is 3.97. The molecule has 0 aromatic rings. The number of hydrogen-bond acceptors (Lipinski definition) is 1. The van der Waals surface area contributed by atoms with Crippen LogP contribution >= 0.6 is 0 Å². The van der Waals surface area contributed by atoms with Gasteiger partial charge in [-0.3, -0.25) is 0 Å². The Morgan fingerprint density at radius 3 is 2.67 bits per heavy atom. The molecule has 1 aliphatic carbocycles. The van der Waals surface area contributed by atoms with Gasteiger partial charge >= 0.3 is 0 Å². The summed E-state index contributed by atoms with van der Waals surface area (Å²) in [6.07, 6.45) is 6.38. The second-order valence-electron chi connectivity index (χ2n) is 3.22. The van der Waals surface area contributed by atoms with Crippen LogP contribution in [0.15, 0.2) is 0 Å². The van der Waals surface area contributed by atoms with Gasteiger partial charge in [-0.05, 0) is 19.3 Å². The van der Waals surface area contributed by atoms with Gasteiger partial charge in [0.15, 0.2) is 0 Å². The predicted molar refractivity (Wildman–Crippen MR) is 38.3 cm³/mol. The molecule has 1 saturated carbocycles. The lowest BCUT2D eigenvalue weighted by Gasteiger charge is -2.01. The zero-order valence-electron chi connectivity index (χ0n) is 6.14. The summed E-state index contributed by atoms with van der Waals surface area (Å²) >= 11 is 0. The number of aliphatic hydroxyl groups is 1. The summed E-state index contributed by atoms with van der Waals surface area (Å²) < 4.78 is 0. The molecule has 0 saturated heterocycles. The fourth-order valence-corrected chi connectivity index (χ4v) is 1.11. The minimum atomic E-state index is -0.0799. The fourth-order valence-electron chi connectivity index (χ4n) is 1.11. The summed E-state index contributed by atoms with van der Waals surface area (Å²) in [5, 5.41) is 8.89. The quantitative estimate of drug-likeness (QED) is 0.613. The van der Waals surface area contributed by atoms with Gasteiger partial charge in [0.05, 0.1) is 6.10 Å². The minimum absolute atomic E-state index is 0.0799. The first-order chi connectivity index (χ1) is 4.29. The molecule has 1 N–H and O–H groups in total. The highest BCUT2D eigenvalue weighted by Crippen LogP contribution is 2.33. The van der Waals surface area contributed by atoms with Crippen LogP contribution in [0.4, 0.5) is 0 Å². The molecule has 0 bridgehead atoms. The average Bonchev–Trinajstić information content (AvgIpc) is 2.48. The van der Waals surface area contributed by atoms with Crippen molar-refractivity contribution < 1.29 is 5.11 Å². The molecule has 1 rings (SSSR count). The summed E-state index contributed by atoms with van der Waals surface area (Å²) in [6.45, 7) is 1.87. The summed E-state index contributed by atoms with van der Waals surface area (Å²) in [5.74, 6) is 1.03. The van der Waals surface area contributed by atoms with Gasteiger partial charge < -0.3 is 5.11 Å². The molecule has 1 fully saturated rings. The van der Waals surface area contributed by atoms with Gasteiger partial charge in [0, 0.05) is 0 Å². The van der Waals surface area contributed by atoms with Crippen molar-refractivity contribution >= 4 is 0 Å². The molecule has 1 nitrogen and oxygen atoms in total. The highest BCUT2D eigenvalue weighted by molar-refractivity contribution is 4.72. The van der Waals surface area contributed by atoms with E-state index in [2.05, 4.69) is 0 Å². The van der Waals surface area contributed by atoms with Crippen molar-refractivity contribution in [3.63, 3.8) is 0 Å². The highest BCUT2D eigenvalue weighted by atomic mass is 16.3. The maximum Gasteiger partial charge on any atom is 0.0512 e. The summed E-state index contributed by atoms with van der Waals surface area (Å²) in [4.78, 5) is 0. The Morgan fingerprint density at radius 2 is 2.22 bits per heavy atom. The standard InChI is InChI=1S/C8H16O/c1-7(9)3-2-4-8-5-6-8/h7-9H,2-6H2,1H3. The van der Waals surface area contributed by atoms with Crippen LogP contribution in [0.2, 0.25) is 0 Å². The monoisotopic (exact) mass is 128 g/mol. The van der Waals surface area contributed by atoms with Crippen LogP contribution in [-0.2, 0) is 0 Å². The van der Waals surface area contributed by atoms with Crippen molar-refractivity contribution in [2.24, 2.45) is 5.92 Å². The molecular formula is C8H16O. The smallest absolute Gasteiger partial charge is 0.0512 e. The van der Waals surface area contributed by atoms with Crippen molar-refractivity contribution in [2.75, 3.05) is 0 Å². The maximum absolute atomic E-state index is 8.89. The van der Waals surface area contributed by atoms with Crippen LogP contribution < -0.4 is 0 Å². The van der Waals surface area contributed by atoms with Gasteiger partial charge in [0.25, 0.3) is 0 Å². The van der Waals surface area contributed by atoms with Crippen LogP contribution in [0.5, 0.6) is 0 Å². The van der Waals surface area contributed by atoms with Crippen LogP contribution in [0.25, 0.3) is 0 Å². The summed E-state index contributed by atoms with van der Waals surface area (Å²) in [7, 11) is 0. The molecule has 0 aliphatic heterocycles. The molecule has 9 heavy (non-hydrogen) atoms. The van der Waals surface area contributed by atoms with E-state index in [0.717, 1.165) is 12.3 Å². The van der Waals surface area contributed by atoms with E-state index in [0.29, 0.717) is 0 Å². The molecule has 1 atom stereocenters. The van der Waals surface area contributed by atoms with Gasteiger partial charge in [0.1, 0.15) is 0 Å². The maximum atomic E-state index is 8.89. The van der Waals surface area contributed by atoms with Crippen molar-refractivity contribution in [3.8, 4) is 0 Å². The summed E-state index contributed by atoms with van der Waals surface area (Å²) in [5.41, 5.74) is 0. The van der Waals surface area contributed by atoms with Gasteiger partial charge in [-0.2, -0.15) is 0 Å². The second kappa shape index (κ2) is 3.21. The lowest BCUT2D eigenvalue weighted by molar-refractivity contribution is 0.180. The third kappa shape index (κ3) is 3.52. The molecule has 0 aromatic carbocycles. The van der Waals surface area contributed by atoms with E-state index in [9.17, 15) is 0 Å². The normalized spacial score (nSPS) is 22.0. The van der Waals surface area contributed by atoms with Crippen molar-refractivity contribution in [3.05, 3.63) is 0 Å². The van der Waals surface area contributed by atoms with Crippen molar-refractivity contribution in [1.82, 2.24) is 0 Å². The largest absolute Gasteiger partial charge is 0.393 e. The Kier molecular flexibility index (Phi) is 2.52. The molecule has 1 heteroatoms. The van der Waals surface area contributed by atoms with Gasteiger partial charge in [-0.25, -0.2) is 0 Å². The Hall–Kier alpha value is -0.0400. The number of rotatable bonds is 4. The lowest BCUT2D eigenvalue weighted by atomic mass is 10.1. The zero-order chi connectivity index (χ0) is 6.69. The summed E-state index contributed by atoms with van der Waals surface area (Å²) in [6, 6.07) is 0. The van der Waals surface area contributed by atoms with E-state index in [-0.39, 0.29) is 6.10 Å². The first kappa shape index (κ1) is 7.07. The first-order valence-corrected chi connectivity index (χ1v) is 3.97. The molecular weight excluding hydrogens is 112 g/mol. The van der Waals surface area contributed by atoms with E-state index < -0.39 is 0 Å². The van der Waals surface area contributed by atoms with Crippen molar-refractivity contribution in [1.29, 1.82) is 0 Å². The third-order valence-electron chi connectivity index (χ3n) is 1.93. The number of aliphatic hydroxyl groups excluding tert-OH is 1. The molecule has 0 amide bonds. The van der Waals surface area contributed by atoms with Gasteiger partial charge in [0.2, 0.25) is 0 Å². The molecule has 0 aromatic heterocycles. The predicted octanol–water partition coefficient (Wildman–Crippen LogP) is 1.95. The van der Waals surface area contributed by atoms with Crippen LogP contribution in [0, 0.1) is 5.92 Å². The lowest BCUT2D eigenvalue weighted by Crippen LogP contribution is -1.98. The molecule has 54 valence electrons. The fraction of sp³-hybridized carbons (Fsp3) is 1.00. The third-order valence-corrected chi connectivity index (χ3v) is 1.93. The Labute approximate surface area is 57.1 Å². The van der Waals surface area contributed by atoms with E-state index >= 15 is 0 Å². The topological polar surface area (TPSA) is 20.2 Å². The molecule has 0 heterocycles. The average molecular weight is 128 g/mol. The van der Waals surface area contributed by atoms with Gasteiger partial charge in [-0.1, -0.05) is 25.7 Å². The molecule has 0 radical (unpaired) electrons. The van der Waals surface area contributed by atoms with E-state index in [4.69, 9.17) is 5.11 Å². The van der Waals surface area contributed by atoms with Crippen LogP contribution in [0.3, 0.4) is 0 Å². The SMILES string of the molecule is CC(O)CCCC1CC1. The molecule has 1 unspecified atom stereocenters. The Bertz CT molecular complexity index is 72.6. The van der Waals surface area contributed by atoms with Crippen molar-refractivity contribution in [2.45, 2.75) is 45.1 Å². The van der Waals surface area contributed by atoms with E-state index in [1.807, 2.05) is 6.92 Å². The highest BCUT2D eigenvalue weighted by Gasteiger charge is 2.20. The van der Waals surface area contributed by atoms with Crippen LogP contribution in [0.1, 0.15) is 39.0 Å². The van der Waals surface area contributed by atoms with Crippen LogP contribution in [-0.4, -0.2) is 11.2 Å². The molecule has 1 aliphatic rings. The minimum Gasteiger partial charge on any atom is -0.393 e. The molecule has 0 spiro atoms. The zero-order valence-corrected chi connectivity index (χ0v) is 6.14. The Morgan fingerprint density at radius 1 is 1.56 bits per heavy atom.